The summed E-state index contributed by atoms with van der Waals surface area (Å²) in [5, 5.41) is 0. The Labute approximate surface area is 131 Å². The molecule has 0 spiro atoms. The number of carbonyl (C=O) groups is 1. The number of hydrogen-bond donors (Lipinski definition) is 0. The van der Waals surface area contributed by atoms with Crippen LogP contribution < -0.4 is 9.47 Å². The molecule has 3 nitrogen and oxygen atoms in total. The first kappa shape index (κ1) is 16.1. The Kier molecular flexibility index (Phi) is 5.59. The van der Waals surface area contributed by atoms with E-state index in [1.165, 1.54) is 0 Å². The summed E-state index contributed by atoms with van der Waals surface area (Å²) in [5.41, 5.74) is 1.77. The summed E-state index contributed by atoms with van der Waals surface area (Å²) in [4.78, 5) is 12.6. The van der Waals surface area contributed by atoms with Crippen molar-refractivity contribution in [3.05, 3.63) is 59.7 Å². The van der Waals surface area contributed by atoms with Crippen molar-refractivity contribution >= 4 is 5.78 Å². The van der Waals surface area contributed by atoms with Crippen molar-refractivity contribution < 1.29 is 14.3 Å². The molecule has 3 heteroatoms. The minimum atomic E-state index is 0.122. The molecule has 0 fully saturated rings. The zero-order chi connectivity index (χ0) is 15.9. The van der Waals surface area contributed by atoms with Crippen LogP contribution in [-0.2, 0) is 0 Å². The van der Waals surface area contributed by atoms with Gasteiger partial charge in [-0.2, -0.15) is 0 Å². The largest absolute Gasteiger partial charge is 0.497 e. The first-order valence-corrected chi connectivity index (χ1v) is 7.49. The zero-order valence-corrected chi connectivity index (χ0v) is 13.3. The van der Waals surface area contributed by atoms with Gasteiger partial charge in [-0.1, -0.05) is 37.3 Å². The quantitative estimate of drug-likeness (QED) is 0.707. The number of para-hydroxylation sites is 1. The lowest BCUT2D eigenvalue weighted by molar-refractivity contribution is 0.0972. The van der Waals surface area contributed by atoms with Crippen LogP contribution in [-0.4, -0.2) is 20.0 Å². The molecule has 1 atom stereocenters. The van der Waals surface area contributed by atoms with Gasteiger partial charge in [-0.05, 0) is 36.1 Å². The van der Waals surface area contributed by atoms with Gasteiger partial charge in [0.05, 0.1) is 14.2 Å². The van der Waals surface area contributed by atoms with Gasteiger partial charge in [-0.15, -0.1) is 0 Å². The average Bonchev–Trinajstić information content (AvgIpc) is 2.59. The predicted octanol–water partition coefficient (Wildman–Crippen LogP) is 4.47. The molecule has 0 aliphatic carbocycles. The second kappa shape index (κ2) is 7.64. The Morgan fingerprint density at radius 1 is 1.05 bits per heavy atom. The van der Waals surface area contributed by atoms with E-state index >= 15 is 0 Å². The Morgan fingerprint density at radius 2 is 1.82 bits per heavy atom. The third-order valence-corrected chi connectivity index (χ3v) is 3.90. The van der Waals surface area contributed by atoms with Crippen LogP contribution in [0.2, 0.25) is 0 Å². The van der Waals surface area contributed by atoms with E-state index in [1.807, 2.05) is 42.5 Å². The Balaban J connectivity index is 2.20. The zero-order valence-electron chi connectivity index (χ0n) is 13.3. The maximum atomic E-state index is 12.6. The van der Waals surface area contributed by atoms with Gasteiger partial charge in [0, 0.05) is 12.0 Å². The minimum absolute atomic E-state index is 0.122. The summed E-state index contributed by atoms with van der Waals surface area (Å²) in [7, 11) is 3.27. The predicted molar refractivity (Wildman–Crippen MR) is 88.0 cm³/mol. The van der Waals surface area contributed by atoms with Crippen molar-refractivity contribution in [3.63, 3.8) is 0 Å². The topological polar surface area (TPSA) is 35.5 Å². The number of ketones is 1. The molecule has 0 amide bonds. The van der Waals surface area contributed by atoms with Crippen LogP contribution in [0.3, 0.4) is 0 Å². The van der Waals surface area contributed by atoms with Crippen molar-refractivity contribution in [1.29, 1.82) is 0 Å². The summed E-state index contributed by atoms with van der Waals surface area (Å²) in [6, 6.07) is 15.2. The fraction of sp³-hybridized carbons (Fsp3) is 0.316. The number of hydrogen-bond acceptors (Lipinski definition) is 3. The summed E-state index contributed by atoms with van der Waals surface area (Å²) in [6.07, 6.45) is 1.35. The fourth-order valence-electron chi connectivity index (χ4n) is 2.62. The van der Waals surface area contributed by atoms with Gasteiger partial charge in [0.1, 0.15) is 11.5 Å². The third kappa shape index (κ3) is 3.67. The van der Waals surface area contributed by atoms with Crippen LogP contribution >= 0.6 is 0 Å². The van der Waals surface area contributed by atoms with Crippen LogP contribution in [0.5, 0.6) is 11.5 Å². The molecule has 0 bridgehead atoms. The van der Waals surface area contributed by atoms with Gasteiger partial charge < -0.3 is 9.47 Å². The van der Waals surface area contributed by atoms with Crippen molar-refractivity contribution in [2.24, 2.45) is 0 Å². The lowest BCUT2D eigenvalue weighted by Crippen LogP contribution is -2.08. The van der Waals surface area contributed by atoms with Crippen molar-refractivity contribution in [2.45, 2.75) is 25.7 Å². The second-order valence-corrected chi connectivity index (χ2v) is 5.21. The van der Waals surface area contributed by atoms with E-state index in [1.54, 1.807) is 20.3 Å². The molecule has 116 valence electrons. The first-order valence-electron chi connectivity index (χ1n) is 7.49. The van der Waals surface area contributed by atoms with Gasteiger partial charge in [0.2, 0.25) is 0 Å². The molecule has 0 aliphatic rings. The van der Waals surface area contributed by atoms with Crippen LogP contribution in [0, 0.1) is 0 Å². The molecular formula is C19H22O3. The highest BCUT2D eigenvalue weighted by atomic mass is 16.5. The van der Waals surface area contributed by atoms with Crippen LogP contribution in [0.1, 0.15) is 41.6 Å². The number of ether oxygens (including phenoxy) is 2. The molecule has 0 heterocycles. The molecule has 2 aromatic carbocycles. The van der Waals surface area contributed by atoms with E-state index in [2.05, 4.69) is 6.92 Å². The van der Waals surface area contributed by atoms with E-state index in [9.17, 15) is 4.79 Å². The highest BCUT2D eigenvalue weighted by molar-refractivity contribution is 5.97. The standard InChI is InChI=1S/C19H22O3/c1-4-14(17-10-5-6-11-19(17)22-3)13-18(20)15-8-7-9-16(12-15)21-2/h5-12,14H,4,13H2,1-3H3/t14-/m0/s1. The van der Waals surface area contributed by atoms with Gasteiger partial charge >= 0.3 is 0 Å². The Hall–Kier alpha value is -2.29. The highest BCUT2D eigenvalue weighted by Gasteiger charge is 2.19. The van der Waals surface area contributed by atoms with Gasteiger partial charge in [-0.3, -0.25) is 4.79 Å². The molecular weight excluding hydrogens is 276 g/mol. The first-order chi connectivity index (χ1) is 10.7. The maximum Gasteiger partial charge on any atom is 0.163 e. The molecule has 0 saturated carbocycles. The SMILES string of the molecule is CC[C@@H](CC(=O)c1cccc(OC)c1)c1ccccc1OC. The molecule has 2 rings (SSSR count). The van der Waals surface area contributed by atoms with Crippen LogP contribution in [0.4, 0.5) is 0 Å². The molecule has 0 N–H and O–H groups in total. The van der Waals surface area contributed by atoms with Gasteiger partial charge in [0.25, 0.3) is 0 Å². The maximum absolute atomic E-state index is 12.6. The van der Waals surface area contributed by atoms with Gasteiger partial charge in [-0.25, -0.2) is 0 Å². The molecule has 0 unspecified atom stereocenters. The number of Topliss-reactive ketones (excluding diaryl/α,β-unsaturated/α-hetero) is 1. The van der Waals surface area contributed by atoms with Crippen molar-refractivity contribution in [2.75, 3.05) is 14.2 Å². The highest BCUT2D eigenvalue weighted by Crippen LogP contribution is 2.32. The molecule has 0 aliphatic heterocycles. The van der Waals surface area contributed by atoms with Crippen molar-refractivity contribution in [1.82, 2.24) is 0 Å². The third-order valence-electron chi connectivity index (χ3n) is 3.90. The van der Waals surface area contributed by atoms with Crippen molar-refractivity contribution in [3.8, 4) is 11.5 Å². The van der Waals surface area contributed by atoms with E-state index < -0.39 is 0 Å². The molecule has 0 saturated heterocycles. The number of methoxy groups -OCH3 is 2. The number of benzene rings is 2. The number of carbonyl (C=O) groups excluding carboxylic acids is 1. The second-order valence-electron chi connectivity index (χ2n) is 5.21. The summed E-state index contributed by atoms with van der Waals surface area (Å²) in [5.74, 6) is 1.82. The average molecular weight is 298 g/mol. The van der Waals surface area contributed by atoms with Crippen LogP contribution in [0.25, 0.3) is 0 Å². The monoisotopic (exact) mass is 298 g/mol. The van der Waals surface area contributed by atoms with Gasteiger partial charge in [0.15, 0.2) is 5.78 Å². The lowest BCUT2D eigenvalue weighted by atomic mass is 9.89. The Morgan fingerprint density at radius 3 is 2.50 bits per heavy atom. The molecule has 0 radical (unpaired) electrons. The van der Waals surface area contributed by atoms with E-state index in [-0.39, 0.29) is 11.7 Å². The van der Waals surface area contributed by atoms with E-state index in [4.69, 9.17) is 9.47 Å². The van der Waals surface area contributed by atoms with E-state index in [0.717, 1.165) is 17.7 Å². The molecule has 22 heavy (non-hydrogen) atoms. The summed E-state index contributed by atoms with van der Waals surface area (Å²) in [6.45, 7) is 2.09. The van der Waals surface area contributed by atoms with Crippen LogP contribution in [0.15, 0.2) is 48.5 Å². The summed E-state index contributed by atoms with van der Waals surface area (Å²) < 4.78 is 10.6. The van der Waals surface area contributed by atoms with E-state index in [0.29, 0.717) is 17.7 Å². The molecule has 2 aromatic rings. The fourth-order valence-corrected chi connectivity index (χ4v) is 2.62. The lowest BCUT2D eigenvalue weighted by Gasteiger charge is -2.18. The molecule has 0 aromatic heterocycles. The minimum Gasteiger partial charge on any atom is -0.497 e. The summed E-state index contributed by atoms with van der Waals surface area (Å²) >= 11 is 0. The Bertz CT molecular complexity index is 634. The smallest absolute Gasteiger partial charge is 0.163 e. The number of rotatable bonds is 7. The normalized spacial score (nSPS) is 11.8.